The lowest BCUT2D eigenvalue weighted by atomic mass is 10.3. The molecule has 4 heteroatoms. The van der Waals surface area contributed by atoms with Crippen molar-refractivity contribution in [1.82, 2.24) is 4.90 Å². The van der Waals surface area contributed by atoms with E-state index in [9.17, 15) is 4.79 Å². The Kier molecular flexibility index (Phi) is 3.10. The Morgan fingerprint density at radius 1 is 1.92 bits per heavy atom. The second-order valence-corrected chi connectivity index (χ2v) is 2.67. The molecule has 0 N–H and O–H groups in total. The van der Waals surface area contributed by atoms with Crippen LogP contribution in [0.2, 0.25) is 0 Å². The van der Waals surface area contributed by atoms with Crippen molar-refractivity contribution in [2.45, 2.75) is 6.04 Å². The van der Waals surface area contributed by atoms with E-state index in [1.807, 2.05) is 0 Å². The molecule has 0 bridgehead atoms. The number of ether oxygens (including phenoxy) is 2. The molecule has 4 nitrogen and oxygen atoms in total. The van der Waals surface area contributed by atoms with Crippen molar-refractivity contribution in [2.75, 3.05) is 26.9 Å². The van der Waals surface area contributed by atoms with E-state index in [4.69, 9.17) is 9.47 Å². The summed E-state index contributed by atoms with van der Waals surface area (Å²) in [6.07, 6.45) is 1.40. The van der Waals surface area contributed by atoms with Crippen molar-refractivity contribution in [2.24, 2.45) is 0 Å². The van der Waals surface area contributed by atoms with Gasteiger partial charge in [0, 0.05) is 7.05 Å². The molecule has 0 aliphatic carbocycles. The third kappa shape index (κ3) is 1.98. The van der Waals surface area contributed by atoms with Crippen LogP contribution in [-0.4, -0.2) is 43.9 Å². The lowest BCUT2D eigenvalue weighted by molar-refractivity contribution is 0.112. The van der Waals surface area contributed by atoms with Gasteiger partial charge in [0.15, 0.2) is 0 Å². The number of likely N-dealkylation sites (N-methyl/N-ethyl adjacent to an activating group) is 1. The number of carbonyl (C=O) groups is 1. The summed E-state index contributed by atoms with van der Waals surface area (Å²) in [5, 5.41) is 0. The third-order valence-electron chi connectivity index (χ3n) is 1.78. The Hall–Kier alpha value is -1.03. The van der Waals surface area contributed by atoms with Crippen LogP contribution in [0.3, 0.4) is 0 Å². The minimum atomic E-state index is -0.276. The summed E-state index contributed by atoms with van der Waals surface area (Å²) in [5.74, 6) is 0. The number of amides is 1. The zero-order valence-corrected chi connectivity index (χ0v) is 7.16. The molecule has 1 heterocycles. The molecule has 1 amide bonds. The Labute approximate surface area is 71.7 Å². The molecule has 1 rings (SSSR count). The van der Waals surface area contributed by atoms with E-state index in [1.165, 1.54) is 0 Å². The molecule has 1 fully saturated rings. The summed E-state index contributed by atoms with van der Waals surface area (Å²) in [6.45, 7) is 4.97. The fourth-order valence-corrected chi connectivity index (χ4v) is 0.978. The smallest absolute Gasteiger partial charge is 0.410 e. The molecule has 1 atom stereocenters. The summed E-state index contributed by atoms with van der Waals surface area (Å²) in [5.41, 5.74) is 0. The van der Waals surface area contributed by atoms with Crippen LogP contribution >= 0.6 is 0 Å². The van der Waals surface area contributed by atoms with Crippen LogP contribution in [0.25, 0.3) is 0 Å². The zero-order valence-electron chi connectivity index (χ0n) is 7.16. The molecule has 1 aliphatic rings. The van der Waals surface area contributed by atoms with Gasteiger partial charge in [-0.05, 0) is 0 Å². The largest absolute Gasteiger partial charge is 0.447 e. The number of hydrogen-bond acceptors (Lipinski definition) is 3. The standard InChI is InChI=1S/C8H13NO3/c1-3-4-11-5-7-6-12-8(10)9(7)2/h3,7H,1,4-6H2,2H3. The average molecular weight is 171 g/mol. The Morgan fingerprint density at radius 3 is 3.17 bits per heavy atom. The highest BCUT2D eigenvalue weighted by Crippen LogP contribution is 2.09. The van der Waals surface area contributed by atoms with Gasteiger partial charge in [-0.15, -0.1) is 6.58 Å². The predicted molar refractivity (Wildman–Crippen MR) is 43.9 cm³/mol. The molecule has 1 aliphatic heterocycles. The van der Waals surface area contributed by atoms with Crippen LogP contribution in [0.15, 0.2) is 12.7 Å². The quantitative estimate of drug-likeness (QED) is 0.460. The van der Waals surface area contributed by atoms with Crippen LogP contribution in [0.5, 0.6) is 0 Å². The molecule has 0 saturated carbocycles. The second kappa shape index (κ2) is 4.11. The molecule has 0 aromatic rings. The van der Waals surface area contributed by atoms with Gasteiger partial charge in [0.25, 0.3) is 0 Å². The van der Waals surface area contributed by atoms with Crippen LogP contribution in [0.1, 0.15) is 0 Å². The summed E-state index contributed by atoms with van der Waals surface area (Å²) >= 11 is 0. The molecular formula is C8H13NO3. The van der Waals surface area contributed by atoms with Gasteiger partial charge in [-0.2, -0.15) is 0 Å². The number of cyclic esters (lactones) is 1. The maximum atomic E-state index is 10.8. The van der Waals surface area contributed by atoms with Crippen molar-refractivity contribution in [1.29, 1.82) is 0 Å². The zero-order chi connectivity index (χ0) is 8.97. The molecule has 68 valence electrons. The SMILES string of the molecule is C=CCOCC1COC(=O)N1C. The van der Waals surface area contributed by atoms with E-state index >= 15 is 0 Å². The summed E-state index contributed by atoms with van der Waals surface area (Å²) in [7, 11) is 1.71. The molecule has 1 unspecified atom stereocenters. The van der Waals surface area contributed by atoms with Gasteiger partial charge in [-0.1, -0.05) is 6.08 Å². The van der Waals surface area contributed by atoms with Gasteiger partial charge in [-0.25, -0.2) is 4.79 Å². The van der Waals surface area contributed by atoms with Gasteiger partial charge in [0.2, 0.25) is 0 Å². The van der Waals surface area contributed by atoms with Gasteiger partial charge >= 0.3 is 6.09 Å². The van der Waals surface area contributed by atoms with Crippen LogP contribution in [0.4, 0.5) is 4.79 Å². The molecular weight excluding hydrogens is 158 g/mol. The summed E-state index contributed by atoms with van der Waals surface area (Å²) in [6, 6.07) is 0.0532. The van der Waals surface area contributed by atoms with Crippen molar-refractivity contribution in [3.63, 3.8) is 0 Å². The normalized spacial score (nSPS) is 22.6. The molecule has 0 radical (unpaired) electrons. The number of carbonyl (C=O) groups excluding carboxylic acids is 1. The lowest BCUT2D eigenvalue weighted by Crippen LogP contribution is -2.33. The van der Waals surface area contributed by atoms with Crippen molar-refractivity contribution in [3.05, 3.63) is 12.7 Å². The Bertz CT molecular complexity index is 181. The minimum absolute atomic E-state index is 0.0532. The Balaban J connectivity index is 2.24. The maximum absolute atomic E-state index is 10.8. The van der Waals surface area contributed by atoms with Crippen molar-refractivity contribution in [3.8, 4) is 0 Å². The topological polar surface area (TPSA) is 38.8 Å². The highest BCUT2D eigenvalue weighted by molar-refractivity contribution is 5.69. The van der Waals surface area contributed by atoms with Gasteiger partial charge in [-0.3, -0.25) is 0 Å². The number of rotatable bonds is 4. The van der Waals surface area contributed by atoms with Gasteiger partial charge < -0.3 is 14.4 Å². The lowest BCUT2D eigenvalue weighted by Gasteiger charge is -2.14. The first-order chi connectivity index (χ1) is 5.75. The first-order valence-electron chi connectivity index (χ1n) is 3.84. The average Bonchev–Trinajstić information content (AvgIpc) is 2.36. The molecule has 1 saturated heterocycles. The third-order valence-corrected chi connectivity index (χ3v) is 1.78. The monoisotopic (exact) mass is 171 g/mol. The van der Waals surface area contributed by atoms with E-state index in [-0.39, 0.29) is 12.1 Å². The molecule has 0 aromatic heterocycles. The van der Waals surface area contributed by atoms with Crippen LogP contribution in [0, 0.1) is 0 Å². The van der Waals surface area contributed by atoms with E-state index < -0.39 is 0 Å². The van der Waals surface area contributed by atoms with E-state index in [1.54, 1.807) is 18.0 Å². The van der Waals surface area contributed by atoms with E-state index in [0.29, 0.717) is 19.8 Å². The van der Waals surface area contributed by atoms with E-state index in [2.05, 4.69) is 6.58 Å². The molecule has 0 spiro atoms. The predicted octanol–water partition coefficient (Wildman–Crippen LogP) is 0.640. The highest BCUT2D eigenvalue weighted by Gasteiger charge is 2.29. The van der Waals surface area contributed by atoms with Crippen LogP contribution in [-0.2, 0) is 9.47 Å². The number of nitrogens with zero attached hydrogens (tertiary/aromatic N) is 1. The fraction of sp³-hybridized carbons (Fsp3) is 0.625. The Morgan fingerprint density at radius 2 is 2.67 bits per heavy atom. The maximum Gasteiger partial charge on any atom is 0.410 e. The van der Waals surface area contributed by atoms with Gasteiger partial charge in [0.05, 0.1) is 19.3 Å². The van der Waals surface area contributed by atoms with Crippen LogP contribution < -0.4 is 0 Å². The van der Waals surface area contributed by atoms with Gasteiger partial charge in [0.1, 0.15) is 6.61 Å². The molecule has 12 heavy (non-hydrogen) atoms. The first kappa shape index (κ1) is 9.06. The highest BCUT2D eigenvalue weighted by atomic mass is 16.6. The summed E-state index contributed by atoms with van der Waals surface area (Å²) in [4.78, 5) is 12.4. The number of hydrogen-bond donors (Lipinski definition) is 0. The van der Waals surface area contributed by atoms with Crippen molar-refractivity contribution >= 4 is 6.09 Å². The van der Waals surface area contributed by atoms with Crippen molar-refractivity contribution < 1.29 is 14.3 Å². The minimum Gasteiger partial charge on any atom is -0.447 e. The second-order valence-electron chi connectivity index (χ2n) is 2.67. The molecule has 0 aromatic carbocycles. The first-order valence-corrected chi connectivity index (χ1v) is 3.84. The summed E-state index contributed by atoms with van der Waals surface area (Å²) < 4.78 is 9.98. The fourth-order valence-electron chi connectivity index (χ4n) is 0.978. The van der Waals surface area contributed by atoms with E-state index in [0.717, 1.165) is 0 Å².